The predicted molar refractivity (Wildman–Crippen MR) is 102 cm³/mol. The first-order valence-corrected chi connectivity index (χ1v) is 9.53. The summed E-state index contributed by atoms with van der Waals surface area (Å²) in [6.07, 6.45) is 3.43. The van der Waals surface area contributed by atoms with E-state index in [1.165, 1.54) is 6.42 Å². The molecule has 1 aromatic carbocycles. The van der Waals surface area contributed by atoms with Crippen LogP contribution in [0.4, 0.5) is 4.79 Å². The number of amides is 3. The number of ether oxygens (including phenoxy) is 1. The fourth-order valence-electron chi connectivity index (χ4n) is 3.11. The van der Waals surface area contributed by atoms with Gasteiger partial charge in [0.05, 0.1) is 6.10 Å². The Morgan fingerprint density at radius 1 is 1.15 bits per heavy atom. The molecule has 0 aromatic heterocycles. The first-order valence-electron chi connectivity index (χ1n) is 9.53. The van der Waals surface area contributed by atoms with Gasteiger partial charge in [-0.15, -0.1) is 0 Å². The lowest BCUT2D eigenvalue weighted by Crippen LogP contribution is -2.42. The molecule has 1 unspecified atom stereocenters. The quantitative estimate of drug-likeness (QED) is 0.812. The molecule has 0 bridgehead atoms. The minimum Gasteiger partial charge on any atom is -0.376 e. The zero-order valence-electron chi connectivity index (χ0n) is 16.2. The summed E-state index contributed by atoms with van der Waals surface area (Å²) in [5.74, 6) is 0.0396. The molecule has 1 aliphatic heterocycles. The van der Waals surface area contributed by atoms with Crippen LogP contribution >= 0.6 is 0 Å². The molecule has 1 heterocycles. The van der Waals surface area contributed by atoms with Crippen LogP contribution < -0.4 is 5.32 Å². The van der Waals surface area contributed by atoms with Crippen LogP contribution in [-0.4, -0.2) is 61.1 Å². The lowest BCUT2D eigenvalue weighted by atomic mass is 10.1. The van der Waals surface area contributed by atoms with Crippen molar-refractivity contribution in [3.8, 4) is 0 Å². The van der Waals surface area contributed by atoms with Crippen molar-refractivity contribution in [3.63, 3.8) is 0 Å². The third kappa shape index (κ3) is 5.73. The van der Waals surface area contributed by atoms with Crippen LogP contribution in [0.5, 0.6) is 0 Å². The van der Waals surface area contributed by atoms with E-state index in [0.717, 1.165) is 25.0 Å². The van der Waals surface area contributed by atoms with Gasteiger partial charge in [-0.1, -0.05) is 12.1 Å². The normalized spacial score (nSPS) is 16.8. The molecule has 26 heavy (non-hydrogen) atoms. The molecule has 1 aromatic rings. The van der Waals surface area contributed by atoms with E-state index in [2.05, 4.69) is 5.32 Å². The van der Waals surface area contributed by atoms with E-state index in [1.54, 1.807) is 16.8 Å². The molecule has 0 saturated carbocycles. The first-order chi connectivity index (χ1) is 12.5. The minimum atomic E-state index is -0.109. The van der Waals surface area contributed by atoms with Gasteiger partial charge in [-0.2, -0.15) is 0 Å². The average molecular weight is 361 g/mol. The average Bonchev–Trinajstić information content (AvgIpc) is 2.68. The van der Waals surface area contributed by atoms with Crippen LogP contribution in [0.3, 0.4) is 0 Å². The molecular weight excluding hydrogens is 330 g/mol. The molecule has 0 radical (unpaired) electrons. The molecule has 1 saturated heterocycles. The standard InChI is InChI=1S/C20H31N3O3/c1-4-23(5-2)19(24)17-11-9-16(10-12-17)14-21-20(25)22(3)15-18-8-6-7-13-26-18/h9-12,18H,4-8,13-15H2,1-3H3,(H,21,25). The summed E-state index contributed by atoms with van der Waals surface area (Å²) in [5, 5.41) is 2.92. The molecule has 1 N–H and O–H groups in total. The van der Waals surface area contributed by atoms with Crippen LogP contribution in [0.25, 0.3) is 0 Å². The third-order valence-corrected chi connectivity index (χ3v) is 4.79. The second kappa shape index (κ2) is 10.2. The number of urea groups is 1. The predicted octanol–water partition coefficient (Wildman–Crippen LogP) is 2.88. The second-order valence-corrected chi connectivity index (χ2v) is 6.70. The topological polar surface area (TPSA) is 61.9 Å². The van der Waals surface area contributed by atoms with Gasteiger partial charge in [0, 0.05) is 45.4 Å². The van der Waals surface area contributed by atoms with Crippen LogP contribution in [-0.2, 0) is 11.3 Å². The van der Waals surface area contributed by atoms with Gasteiger partial charge in [-0.05, 0) is 50.8 Å². The second-order valence-electron chi connectivity index (χ2n) is 6.70. The smallest absolute Gasteiger partial charge is 0.317 e. The van der Waals surface area contributed by atoms with E-state index in [0.29, 0.717) is 31.7 Å². The molecule has 6 heteroatoms. The van der Waals surface area contributed by atoms with Crippen molar-refractivity contribution in [2.45, 2.75) is 45.8 Å². The summed E-state index contributed by atoms with van der Waals surface area (Å²) >= 11 is 0. The highest BCUT2D eigenvalue weighted by Crippen LogP contribution is 2.13. The summed E-state index contributed by atoms with van der Waals surface area (Å²) in [6.45, 7) is 7.19. The van der Waals surface area contributed by atoms with Crippen molar-refractivity contribution in [3.05, 3.63) is 35.4 Å². The Kier molecular flexibility index (Phi) is 7.91. The fourth-order valence-corrected chi connectivity index (χ4v) is 3.11. The van der Waals surface area contributed by atoms with E-state index in [-0.39, 0.29) is 18.0 Å². The van der Waals surface area contributed by atoms with Gasteiger partial charge in [-0.25, -0.2) is 4.79 Å². The Balaban J connectivity index is 1.81. The molecule has 3 amide bonds. The summed E-state index contributed by atoms with van der Waals surface area (Å²) in [4.78, 5) is 28.0. The number of benzene rings is 1. The van der Waals surface area contributed by atoms with Crippen molar-refractivity contribution in [1.29, 1.82) is 0 Å². The summed E-state index contributed by atoms with van der Waals surface area (Å²) in [6, 6.07) is 7.31. The highest BCUT2D eigenvalue weighted by Gasteiger charge is 2.18. The number of hydrogen-bond donors (Lipinski definition) is 1. The number of nitrogens with zero attached hydrogens (tertiary/aromatic N) is 2. The molecular formula is C20H31N3O3. The van der Waals surface area contributed by atoms with Crippen molar-refractivity contribution in [1.82, 2.24) is 15.1 Å². The summed E-state index contributed by atoms with van der Waals surface area (Å²) < 4.78 is 5.68. The zero-order chi connectivity index (χ0) is 18.9. The fraction of sp³-hybridized carbons (Fsp3) is 0.600. The van der Waals surface area contributed by atoms with Crippen molar-refractivity contribution >= 4 is 11.9 Å². The number of hydrogen-bond acceptors (Lipinski definition) is 3. The van der Waals surface area contributed by atoms with E-state index >= 15 is 0 Å². The number of likely N-dealkylation sites (N-methyl/N-ethyl adjacent to an activating group) is 1. The third-order valence-electron chi connectivity index (χ3n) is 4.79. The molecule has 1 aliphatic rings. The highest BCUT2D eigenvalue weighted by atomic mass is 16.5. The van der Waals surface area contributed by atoms with Gasteiger partial charge in [0.15, 0.2) is 0 Å². The molecule has 2 rings (SSSR count). The Hall–Kier alpha value is -2.08. The maximum Gasteiger partial charge on any atom is 0.317 e. The molecule has 0 spiro atoms. The monoisotopic (exact) mass is 361 g/mol. The lowest BCUT2D eigenvalue weighted by Gasteiger charge is -2.27. The van der Waals surface area contributed by atoms with E-state index in [9.17, 15) is 9.59 Å². The van der Waals surface area contributed by atoms with Crippen LogP contribution in [0.1, 0.15) is 49.0 Å². The van der Waals surface area contributed by atoms with Crippen LogP contribution in [0.15, 0.2) is 24.3 Å². The Morgan fingerprint density at radius 2 is 1.85 bits per heavy atom. The van der Waals surface area contributed by atoms with Gasteiger partial charge in [0.2, 0.25) is 0 Å². The van der Waals surface area contributed by atoms with Crippen molar-refractivity contribution in [2.24, 2.45) is 0 Å². The first kappa shape index (κ1) is 20.2. The minimum absolute atomic E-state index is 0.0396. The maximum absolute atomic E-state index is 12.3. The molecule has 144 valence electrons. The van der Waals surface area contributed by atoms with Crippen LogP contribution in [0, 0.1) is 0 Å². The number of carbonyl (C=O) groups is 2. The lowest BCUT2D eigenvalue weighted by molar-refractivity contribution is 0.00385. The van der Waals surface area contributed by atoms with Gasteiger partial charge in [0.25, 0.3) is 5.91 Å². The van der Waals surface area contributed by atoms with Gasteiger partial charge in [0.1, 0.15) is 0 Å². The molecule has 6 nitrogen and oxygen atoms in total. The number of nitrogens with one attached hydrogen (secondary N) is 1. The van der Waals surface area contributed by atoms with Gasteiger partial charge < -0.3 is 19.9 Å². The van der Waals surface area contributed by atoms with Crippen molar-refractivity contribution in [2.75, 3.05) is 33.3 Å². The number of rotatable bonds is 7. The van der Waals surface area contributed by atoms with E-state index in [1.807, 2.05) is 38.1 Å². The Bertz CT molecular complexity index is 578. The molecule has 1 atom stereocenters. The number of carbonyl (C=O) groups excluding carboxylic acids is 2. The molecule has 0 aliphatic carbocycles. The Morgan fingerprint density at radius 3 is 2.42 bits per heavy atom. The maximum atomic E-state index is 12.3. The van der Waals surface area contributed by atoms with Gasteiger partial charge >= 0.3 is 6.03 Å². The SMILES string of the molecule is CCN(CC)C(=O)c1ccc(CNC(=O)N(C)CC2CCCCO2)cc1. The Labute approximate surface area is 156 Å². The van der Waals surface area contributed by atoms with E-state index < -0.39 is 0 Å². The van der Waals surface area contributed by atoms with Crippen molar-refractivity contribution < 1.29 is 14.3 Å². The highest BCUT2D eigenvalue weighted by molar-refractivity contribution is 5.94. The largest absolute Gasteiger partial charge is 0.376 e. The zero-order valence-corrected chi connectivity index (χ0v) is 16.2. The van der Waals surface area contributed by atoms with Gasteiger partial charge in [-0.3, -0.25) is 4.79 Å². The summed E-state index contributed by atoms with van der Waals surface area (Å²) in [5.41, 5.74) is 1.65. The summed E-state index contributed by atoms with van der Waals surface area (Å²) in [7, 11) is 1.79. The van der Waals surface area contributed by atoms with E-state index in [4.69, 9.17) is 4.74 Å². The molecule has 1 fully saturated rings. The van der Waals surface area contributed by atoms with Crippen LogP contribution in [0.2, 0.25) is 0 Å².